The minimum absolute atomic E-state index is 0.0104. The maximum absolute atomic E-state index is 12.7. The highest BCUT2D eigenvalue weighted by molar-refractivity contribution is 5.88. The van der Waals surface area contributed by atoms with E-state index in [4.69, 9.17) is 37.9 Å². The molecule has 4 rings (SSSR count). The fourth-order valence-electron chi connectivity index (χ4n) is 3.67. The molecule has 1 N–H and O–H groups in total. The van der Waals surface area contributed by atoms with Gasteiger partial charge in [-0.05, 0) is 32.4 Å². The molecule has 2 aliphatic rings. The molecule has 0 fully saturated rings. The second-order valence-electron chi connectivity index (χ2n) is 9.13. The number of amides is 1. The van der Waals surface area contributed by atoms with Crippen molar-refractivity contribution in [1.82, 2.24) is 5.32 Å². The van der Waals surface area contributed by atoms with Gasteiger partial charge in [-0.15, -0.1) is 0 Å². The van der Waals surface area contributed by atoms with Gasteiger partial charge in [-0.2, -0.15) is 0 Å². The van der Waals surface area contributed by atoms with Crippen molar-refractivity contribution in [2.24, 2.45) is 0 Å². The van der Waals surface area contributed by atoms with Crippen molar-refractivity contribution >= 4 is 24.0 Å². The molecule has 2 aromatic carbocycles. The second-order valence-corrected chi connectivity index (χ2v) is 9.13. The van der Waals surface area contributed by atoms with E-state index in [1.807, 2.05) is 0 Å². The lowest BCUT2D eigenvalue weighted by atomic mass is 10.0. The van der Waals surface area contributed by atoms with Crippen molar-refractivity contribution in [3.8, 4) is 45.6 Å². The average molecular weight is 584 g/mol. The number of rotatable bonds is 12. The highest BCUT2D eigenvalue weighted by atomic mass is 16.7. The summed E-state index contributed by atoms with van der Waals surface area (Å²) < 4.78 is 43.1. The smallest absolute Gasteiger partial charge is 0.412 e. The summed E-state index contributed by atoms with van der Waals surface area (Å²) in [4.78, 5) is 48.4. The van der Waals surface area contributed by atoms with E-state index in [0.29, 0.717) is 34.1 Å². The summed E-state index contributed by atoms with van der Waals surface area (Å²) in [5.74, 6) is -0.149. The first-order chi connectivity index (χ1) is 20.1. The number of nitrogens with one attached hydrogen (secondary N) is 1. The molecule has 0 saturated heterocycles. The maximum atomic E-state index is 12.7. The summed E-state index contributed by atoms with van der Waals surface area (Å²) in [5.41, 5.74) is 1.13. The molecule has 222 valence electrons. The zero-order chi connectivity index (χ0) is 30.2. The molecule has 2 aliphatic heterocycles. The largest absolute Gasteiger partial charge is 0.462 e. The predicted octanol–water partition coefficient (Wildman–Crippen LogP) is 3.82. The zero-order valence-corrected chi connectivity index (χ0v) is 23.1. The Morgan fingerprint density at radius 1 is 0.738 bits per heavy atom. The van der Waals surface area contributed by atoms with Gasteiger partial charge in [0.15, 0.2) is 23.0 Å². The summed E-state index contributed by atoms with van der Waals surface area (Å²) in [6.45, 7) is 9.84. The molecule has 42 heavy (non-hydrogen) atoms. The first-order valence-electron chi connectivity index (χ1n) is 12.8. The Kier molecular flexibility index (Phi) is 9.53. The van der Waals surface area contributed by atoms with Gasteiger partial charge >= 0.3 is 24.0 Å². The van der Waals surface area contributed by atoms with Gasteiger partial charge < -0.3 is 43.2 Å². The lowest BCUT2D eigenvalue weighted by molar-refractivity contribution is -0.141. The van der Waals surface area contributed by atoms with Crippen LogP contribution in [0.2, 0.25) is 0 Å². The van der Waals surface area contributed by atoms with Crippen molar-refractivity contribution in [2.75, 3.05) is 33.3 Å². The minimum Gasteiger partial charge on any atom is -0.462 e. The minimum atomic E-state index is -0.843. The molecule has 0 unspecified atom stereocenters. The fourth-order valence-corrected chi connectivity index (χ4v) is 3.67. The molecular weight excluding hydrogens is 554 g/mol. The normalized spacial score (nSPS) is 12.2. The summed E-state index contributed by atoms with van der Waals surface area (Å²) in [7, 11) is 0. The fraction of sp³-hybridized carbons (Fsp3) is 0.310. The van der Waals surface area contributed by atoms with Crippen LogP contribution in [-0.2, 0) is 23.9 Å². The summed E-state index contributed by atoms with van der Waals surface area (Å²) in [5, 5.41) is 2.49. The standard InChI is InChI=1S/C29H29NO12/c1-16(2)27(32)35-8-5-6-26(31)41-20-12-24-22(37-14-39-24)10-18(20)19-11-23-25(40-15-38-23)13-21(19)42-29(34)30-7-9-36-28(33)17(3)4/h10-13H,1,3,5-9,14-15H2,2,4H3,(H,30,34). The SMILES string of the molecule is C=C(C)C(=O)OCCCC(=O)Oc1cc2c(cc1-c1cc3c(cc1OC(=O)NCCOC(=O)C(=C)C)OCO3)OCO2. The summed E-state index contributed by atoms with van der Waals surface area (Å²) in [6.07, 6.45) is -0.678. The van der Waals surface area contributed by atoms with Gasteiger partial charge in [0, 0.05) is 40.8 Å². The molecule has 0 saturated carbocycles. The van der Waals surface area contributed by atoms with Gasteiger partial charge in [0.25, 0.3) is 0 Å². The molecule has 1 amide bonds. The number of hydrogen-bond acceptors (Lipinski definition) is 12. The van der Waals surface area contributed by atoms with Gasteiger partial charge in [0.2, 0.25) is 13.6 Å². The van der Waals surface area contributed by atoms with E-state index < -0.39 is 24.0 Å². The molecule has 0 spiro atoms. The number of carbonyl (C=O) groups is 4. The topological polar surface area (TPSA) is 154 Å². The molecule has 2 aromatic rings. The van der Waals surface area contributed by atoms with E-state index in [9.17, 15) is 19.2 Å². The van der Waals surface area contributed by atoms with Crippen LogP contribution in [0.4, 0.5) is 4.79 Å². The number of carbonyl (C=O) groups excluding carboxylic acids is 4. The van der Waals surface area contributed by atoms with Crippen LogP contribution in [0, 0.1) is 0 Å². The first kappa shape index (κ1) is 29.8. The van der Waals surface area contributed by atoms with Crippen LogP contribution in [0.25, 0.3) is 11.1 Å². The third kappa shape index (κ3) is 7.50. The van der Waals surface area contributed by atoms with E-state index >= 15 is 0 Å². The van der Waals surface area contributed by atoms with E-state index in [2.05, 4.69) is 18.5 Å². The van der Waals surface area contributed by atoms with Crippen LogP contribution < -0.4 is 33.7 Å². The summed E-state index contributed by atoms with van der Waals surface area (Å²) >= 11 is 0. The molecular formula is C29H29NO12. The molecule has 0 atom stereocenters. The average Bonchev–Trinajstić information content (AvgIpc) is 3.60. The van der Waals surface area contributed by atoms with Crippen LogP contribution >= 0.6 is 0 Å². The third-order valence-electron chi connectivity index (χ3n) is 5.73. The van der Waals surface area contributed by atoms with E-state index in [1.54, 1.807) is 12.1 Å². The van der Waals surface area contributed by atoms with Crippen molar-refractivity contribution in [1.29, 1.82) is 0 Å². The number of benzene rings is 2. The first-order valence-corrected chi connectivity index (χ1v) is 12.8. The predicted molar refractivity (Wildman–Crippen MR) is 145 cm³/mol. The van der Waals surface area contributed by atoms with Gasteiger partial charge in [-0.25, -0.2) is 14.4 Å². The van der Waals surface area contributed by atoms with Crippen LogP contribution in [0.5, 0.6) is 34.5 Å². The molecule has 0 aromatic heterocycles. The Hall–Kier alpha value is -5.20. The molecule has 0 radical (unpaired) electrons. The molecule has 13 nitrogen and oxygen atoms in total. The van der Waals surface area contributed by atoms with Crippen molar-refractivity contribution in [3.63, 3.8) is 0 Å². The number of hydrogen-bond donors (Lipinski definition) is 1. The van der Waals surface area contributed by atoms with Gasteiger partial charge in [-0.1, -0.05) is 13.2 Å². The van der Waals surface area contributed by atoms with Crippen molar-refractivity contribution in [2.45, 2.75) is 26.7 Å². The van der Waals surface area contributed by atoms with Crippen molar-refractivity contribution in [3.05, 3.63) is 48.6 Å². The summed E-state index contributed by atoms with van der Waals surface area (Å²) in [6, 6.07) is 6.11. The monoisotopic (exact) mass is 583 g/mol. The third-order valence-corrected chi connectivity index (χ3v) is 5.73. The number of esters is 3. The highest BCUT2D eigenvalue weighted by Gasteiger charge is 2.26. The molecule has 0 bridgehead atoms. The Labute approximate surface area is 240 Å². The number of ether oxygens (including phenoxy) is 8. The Morgan fingerprint density at radius 2 is 1.21 bits per heavy atom. The Morgan fingerprint density at radius 3 is 1.74 bits per heavy atom. The van der Waals surface area contributed by atoms with E-state index in [-0.39, 0.29) is 68.8 Å². The van der Waals surface area contributed by atoms with Gasteiger partial charge in [-0.3, -0.25) is 4.79 Å². The lowest BCUT2D eigenvalue weighted by Crippen LogP contribution is -2.30. The van der Waals surface area contributed by atoms with E-state index in [1.165, 1.54) is 26.0 Å². The van der Waals surface area contributed by atoms with Crippen LogP contribution in [0.1, 0.15) is 26.7 Å². The Balaban J connectivity index is 1.53. The second kappa shape index (κ2) is 13.4. The molecule has 13 heteroatoms. The maximum Gasteiger partial charge on any atom is 0.412 e. The van der Waals surface area contributed by atoms with Crippen LogP contribution in [-0.4, -0.2) is 57.3 Å². The van der Waals surface area contributed by atoms with E-state index in [0.717, 1.165) is 0 Å². The lowest BCUT2D eigenvalue weighted by Gasteiger charge is -2.16. The molecule has 2 heterocycles. The quantitative estimate of drug-likeness (QED) is 0.167. The van der Waals surface area contributed by atoms with Crippen LogP contribution in [0.15, 0.2) is 48.6 Å². The zero-order valence-electron chi connectivity index (χ0n) is 23.1. The number of fused-ring (bicyclic) bond motifs is 2. The highest BCUT2D eigenvalue weighted by Crippen LogP contribution is 2.49. The Bertz CT molecular complexity index is 1320. The van der Waals surface area contributed by atoms with Gasteiger partial charge in [0.1, 0.15) is 18.1 Å². The van der Waals surface area contributed by atoms with Crippen molar-refractivity contribution < 1.29 is 57.1 Å². The molecule has 0 aliphatic carbocycles. The van der Waals surface area contributed by atoms with Gasteiger partial charge in [0.05, 0.1) is 13.2 Å². The van der Waals surface area contributed by atoms with Crippen LogP contribution in [0.3, 0.4) is 0 Å².